The van der Waals surface area contributed by atoms with Gasteiger partial charge in [-0.25, -0.2) is 4.98 Å². The van der Waals surface area contributed by atoms with E-state index in [1.54, 1.807) is 0 Å². The maximum Gasteiger partial charge on any atom is 0.185 e. The van der Waals surface area contributed by atoms with Gasteiger partial charge in [-0.3, -0.25) is 9.69 Å². The molecule has 1 aromatic heterocycles. The molecule has 18 heavy (non-hydrogen) atoms. The molecule has 0 aromatic carbocycles. The first-order chi connectivity index (χ1) is 8.46. The van der Waals surface area contributed by atoms with Gasteiger partial charge in [0.1, 0.15) is 6.29 Å². The summed E-state index contributed by atoms with van der Waals surface area (Å²) in [6.07, 6.45) is 2.66. The van der Waals surface area contributed by atoms with Crippen molar-refractivity contribution in [3.8, 4) is 0 Å². The molecule has 0 bridgehead atoms. The Kier molecular flexibility index (Phi) is 3.34. The van der Waals surface area contributed by atoms with Crippen LogP contribution in [-0.2, 0) is 24.8 Å². The largest absolute Gasteiger partial charge is 0.329 e. The van der Waals surface area contributed by atoms with Gasteiger partial charge in [0.2, 0.25) is 0 Å². The van der Waals surface area contributed by atoms with Gasteiger partial charge in [0.15, 0.2) is 12.1 Å². The third-order valence-corrected chi connectivity index (χ3v) is 3.42. The molecule has 0 unspecified atom stereocenters. The average Bonchev–Trinajstić information content (AvgIpc) is 2.65. The highest BCUT2D eigenvalue weighted by molar-refractivity contribution is 5.70. The number of hydrogen-bond donors (Lipinski definition) is 0. The van der Waals surface area contributed by atoms with Crippen LogP contribution in [-0.4, -0.2) is 40.1 Å². The summed E-state index contributed by atoms with van der Waals surface area (Å²) in [6.45, 7) is 6.22. The minimum absolute atomic E-state index is 0.334. The maximum atomic E-state index is 11.0. The molecule has 5 heteroatoms. The van der Waals surface area contributed by atoms with Crippen LogP contribution in [0.25, 0.3) is 0 Å². The van der Waals surface area contributed by atoms with E-state index in [9.17, 15) is 9.59 Å². The number of aromatic nitrogens is 2. The summed E-state index contributed by atoms with van der Waals surface area (Å²) in [7, 11) is 1.88. The summed E-state index contributed by atoms with van der Waals surface area (Å²) in [5.74, 6) is 0.483. The highest BCUT2D eigenvalue weighted by Gasteiger charge is 2.27. The Hall–Kier alpha value is -1.49. The summed E-state index contributed by atoms with van der Waals surface area (Å²) >= 11 is 0. The van der Waals surface area contributed by atoms with Gasteiger partial charge in [-0.05, 0) is 0 Å². The lowest BCUT2D eigenvalue weighted by molar-refractivity contribution is -0.115. The third kappa shape index (κ3) is 2.36. The van der Waals surface area contributed by atoms with Crippen molar-refractivity contribution in [2.24, 2.45) is 12.5 Å². The summed E-state index contributed by atoms with van der Waals surface area (Å²) in [4.78, 5) is 28.4. The fourth-order valence-electron chi connectivity index (χ4n) is 2.46. The third-order valence-electron chi connectivity index (χ3n) is 3.42. The van der Waals surface area contributed by atoms with Crippen LogP contribution in [0.1, 0.15) is 35.9 Å². The second kappa shape index (κ2) is 4.65. The number of nitrogens with zero attached hydrogens (tertiary/aromatic N) is 3. The molecule has 2 heterocycles. The molecule has 0 spiro atoms. The molecule has 0 saturated heterocycles. The first-order valence-electron chi connectivity index (χ1n) is 6.15. The molecule has 1 aromatic rings. The number of carbonyl (C=O) groups excluding carboxylic acids is 2. The van der Waals surface area contributed by atoms with Gasteiger partial charge in [0.25, 0.3) is 0 Å². The van der Waals surface area contributed by atoms with Gasteiger partial charge in [-0.1, -0.05) is 13.8 Å². The lowest BCUT2D eigenvalue weighted by Crippen LogP contribution is -2.39. The number of hydrogen-bond acceptors (Lipinski definition) is 4. The zero-order valence-electron chi connectivity index (χ0n) is 11.1. The van der Waals surface area contributed by atoms with Gasteiger partial charge in [-0.2, -0.15) is 0 Å². The molecule has 5 nitrogen and oxygen atoms in total. The van der Waals surface area contributed by atoms with Crippen LogP contribution in [0.2, 0.25) is 0 Å². The molecular formula is C13H19N3O2. The molecule has 0 radical (unpaired) electrons. The van der Waals surface area contributed by atoms with Crippen LogP contribution in [0.4, 0.5) is 0 Å². The molecule has 0 atom stereocenters. The van der Waals surface area contributed by atoms with Crippen LogP contribution in [0, 0.1) is 5.41 Å². The van der Waals surface area contributed by atoms with Crippen LogP contribution in [0.3, 0.4) is 0 Å². The summed E-state index contributed by atoms with van der Waals surface area (Å²) in [6, 6.07) is 0. The lowest BCUT2D eigenvalue weighted by Gasteiger charge is -2.31. The normalized spacial score (nSPS) is 16.4. The SMILES string of the molecule is Cn1c(C=O)nc2c1CCN(CC(C)(C)C=O)C2. The van der Waals surface area contributed by atoms with E-state index in [4.69, 9.17) is 0 Å². The topological polar surface area (TPSA) is 55.2 Å². The fraction of sp³-hybridized carbons (Fsp3) is 0.615. The Morgan fingerprint density at radius 2 is 2.11 bits per heavy atom. The predicted molar refractivity (Wildman–Crippen MR) is 67.4 cm³/mol. The predicted octanol–water partition coefficient (Wildman–Crippen LogP) is 0.816. The number of aldehydes is 2. The quantitative estimate of drug-likeness (QED) is 0.741. The lowest BCUT2D eigenvalue weighted by atomic mass is 9.94. The Morgan fingerprint density at radius 1 is 1.39 bits per heavy atom. The van der Waals surface area contributed by atoms with Crippen molar-refractivity contribution in [2.45, 2.75) is 26.8 Å². The zero-order valence-corrected chi connectivity index (χ0v) is 11.1. The second-order valence-corrected chi connectivity index (χ2v) is 5.61. The molecule has 0 amide bonds. The van der Waals surface area contributed by atoms with Crippen molar-refractivity contribution in [2.75, 3.05) is 13.1 Å². The standard InChI is InChI=1S/C13H19N3O2/c1-13(2,9-18)8-16-5-4-11-10(6-16)14-12(7-17)15(11)3/h7,9H,4-6,8H2,1-3H3. The zero-order chi connectivity index (χ0) is 13.3. The van der Waals surface area contributed by atoms with E-state index >= 15 is 0 Å². The summed E-state index contributed by atoms with van der Waals surface area (Å²) in [5.41, 5.74) is 1.77. The minimum atomic E-state index is -0.334. The smallest absolute Gasteiger partial charge is 0.185 e. The van der Waals surface area contributed by atoms with E-state index in [-0.39, 0.29) is 5.41 Å². The summed E-state index contributed by atoms with van der Waals surface area (Å²) < 4.78 is 1.87. The van der Waals surface area contributed by atoms with Crippen molar-refractivity contribution in [3.63, 3.8) is 0 Å². The number of carbonyl (C=O) groups is 2. The van der Waals surface area contributed by atoms with E-state index in [0.717, 1.165) is 43.5 Å². The van der Waals surface area contributed by atoms with Crippen LogP contribution >= 0.6 is 0 Å². The van der Waals surface area contributed by atoms with Crippen molar-refractivity contribution < 1.29 is 9.59 Å². The first-order valence-corrected chi connectivity index (χ1v) is 6.15. The van der Waals surface area contributed by atoms with Gasteiger partial charge >= 0.3 is 0 Å². The van der Waals surface area contributed by atoms with Gasteiger partial charge in [0, 0.05) is 44.2 Å². The van der Waals surface area contributed by atoms with E-state index in [2.05, 4.69) is 9.88 Å². The number of fused-ring (bicyclic) bond motifs is 1. The summed E-state index contributed by atoms with van der Waals surface area (Å²) in [5, 5.41) is 0. The highest BCUT2D eigenvalue weighted by Crippen LogP contribution is 2.22. The molecule has 0 N–H and O–H groups in total. The number of imidazole rings is 1. The first kappa shape index (κ1) is 13.0. The van der Waals surface area contributed by atoms with Crippen LogP contribution in [0.5, 0.6) is 0 Å². The number of rotatable bonds is 4. The van der Waals surface area contributed by atoms with E-state index in [1.807, 2.05) is 25.5 Å². The molecule has 1 aliphatic rings. The maximum absolute atomic E-state index is 11.0. The molecule has 0 saturated carbocycles. The Labute approximate surface area is 107 Å². The van der Waals surface area contributed by atoms with Gasteiger partial charge < -0.3 is 9.36 Å². The molecule has 98 valence electrons. The minimum Gasteiger partial charge on any atom is -0.329 e. The van der Waals surface area contributed by atoms with Crippen molar-refractivity contribution >= 4 is 12.6 Å². The monoisotopic (exact) mass is 249 g/mol. The van der Waals surface area contributed by atoms with E-state index < -0.39 is 0 Å². The Morgan fingerprint density at radius 3 is 2.72 bits per heavy atom. The van der Waals surface area contributed by atoms with Crippen molar-refractivity contribution in [1.82, 2.24) is 14.5 Å². The molecular weight excluding hydrogens is 230 g/mol. The van der Waals surface area contributed by atoms with Crippen molar-refractivity contribution in [3.05, 3.63) is 17.2 Å². The molecule has 0 aliphatic carbocycles. The van der Waals surface area contributed by atoms with Crippen molar-refractivity contribution in [1.29, 1.82) is 0 Å². The Balaban J connectivity index is 2.15. The Bertz CT molecular complexity index is 477. The second-order valence-electron chi connectivity index (χ2n) is 5.61. The average molecular weight is 249 g/mol. The molecule has 1 aliphatic heterocycles. The molecule has 2 rings (SSSR count). The van der Waals surface area contributed by atoms with E-state index in [0.29, 0.717) is 12.4 Å². The van der Waals surface area contributed by atoms with Crippen LogP contribution < -0.4 is 0 Å². The molecule has 0 fully saturated rings. The van der Waals surface area contributed by atoms with E-state index in [1.165, 1.54) is 0 Å². The fourth-order valence-corrected chi connectivity index (χ4v) is 2.46. The van der Waals surface area contributed by atoms with Gasteiger partial charge in [0.05, 0.1) is 5.69 Å². The van der Waals surface area contributed by atoms with Gasteiger partial charge in [-0.15, -0.1) is 0 Å². The van der Waals surface area contributed by atoms with Crippen LogP contribution in [0.15, 0.2) is 0 Å². The highest BCUT2D eigenvalue weighted by atomic mass is 16.1.